The predicted molar refractivity (Wildman–Crippen MR) is 89.2 cm³/mol. The number of fused-ring (bicyclic) bond motifs is 1. The van der Waals surface area contributed by atoms with E-state index < -0.39 is 11.7 Å². The summed E-state index contributed by atoms with van der Waals surface area (Å²) in [5.74, 6) is 1.05. The Kier molecular flexibility index (Phi) is 3.97. The Morgan fingerprint density at radius 2 is 2.09 bits per heavy atom. The van der Waals surface area contributed by atoms with Crippen LogP contribution in [0.15, 0.2) is 28.4 Å². The number of amides is 1. The molecule has 0 bridgehead atoms. The van der Waals surface area contributed by atoms with Crippen LogP contribution in [0.3, 0.4) is 0 Å². The van der Waals surface area contributed by atoms with E-state index >= 15 is 0 Å². The lowest BCUT2D eigenvalue weighted by molar-refractivity contribution is 0.209. The van der Waals surface area contributed by atoms with Gasteiger partial charge in [0.15, 0.2) is 0 Å². The van der Waals surface area contributed by atoms with Crippen LogP contribution >= 0.6 is 20.7 Å². The number of methoxy groups -OCH3 is 2. The number of aromatic nitrogens is 1. The highest BCUT2D eigenvalue weighted by Gasteiger charge is 2.26. The number of rotatable bonds is 4. The molecule has 1 amide bonds. The van der Waals surface area contributed by atoms with Crippen molar-refractivity contribution >= 4 is 32.5 Å². The molecule has 0 unspecified atom stereocenters. The minimum atomic E-state index is -1.28. The molecule has 0 radical (unpaired) electrons. The van der Waals surface area contributed by atoms with E-state index in [1.54, 1.807) is 23.6 Å². The van der Waals surface area contributed by atoms with Crippen LogP contribution in [0, 0.1) is 0 Å². The van der Waals surface area contributed by atoms with Gasteiger partial charge in [-0.05, 0) is 12.1 Å². The van der Waals surface area contributed by atoms with Crippen LogP contribution in [0.1, 0.15) is 0 Å². The normalized spacial score (nSPS) is 10.7. The number of carbonyl (C=O) groups is 1. The number of ether oxygens (including phenoxy) is 2. The average Bonchev–Trinajstić information content (AvgIpc) is 3.09. The van der Waals surface area contributed by atoms with E-state index in [1.165, 1.54) is 39.5 Å². The zero-order valence-electron chi connectivity index (χ0n) is 12.2. The molecular weight excluding hydrogens is 340 g/mol. The van der Waals surface area contributed by atoms with E-state index in [2.05, 4.69) is 5.32 Å². The molecule has 23 heavy (non-hydrogen) atoms. The minimum absolute atomic E-state index is 0.0524. The van der Waals surface area contributed by atoms with Gasteiger partial charge in [-0.3, -0.25) is 14.7 Å². The lowest BCUT2D eigenvalue weighted by Gasteiger charge is -2.11. The first-order valence-corrected chi connectivity index (χ1v) is 8.62. The average molecular weight is 352 g/mol. The van der Waals surface area contributed by atoms with Crippen LogP contribution in [-0.2, 0) is 0 Å². The molecule has 0 fully saturated rings. The van der Waals surface area contributed by atoms with Gasteiger partial charge >= 0.3 is 6.09 Å². The molecule has 2 aliphatic rings. The summed E-state index contributed by atoms with van der Waals surface area (Å²) < 4.78 is 11.9. The van der Waals surface area contributed by atoms with Crippen molar-refractivity contribution in [3.8, 4) is 27.8 Å². The first-order valence-electron chi connectivity index (χ1n) is 6.41. The maximum absolute atomic E-state index is 12.7. The molecule has 120 valence electrons. The van der Waals surface area contributed by atoms with E-state index in [1.807, 2.05) is 0 Å². The van der Waals surface area contributed by atoms with Gasteiger partial charge in [-0.25, -0.2) is 4.79 Å². The van der Waals surface area contributed by atoms with Crippen LogP contribution < -0.4 is 20.3 Å². The largest absolute Gasteiger partial charge is 0.497 e. The number of nitrogens with zero attached hydrogens (tertiary/aromatic N) is 1. The molecule has 1 aromatic rings. The predicted octanol–water partition coefficient (Wildman–Crippen LogP) is 3.17. The number of benzene rings is 1. The molecule has 7 nitrogen and oxygen atoms in total. The van der Waals surface area contributed by atoms with Gasteiger partial charge < -0.3 is 14.6 Å². The highest BCUT2D eigenvalue weighted by molar-refractivity contribution is 7.70. The summed E-state index contributed by atoms with van der Waals surface area (Å²) in [5.41, 5.74) is 0.770. The molecule has 2 N–H and O–H groups in total. The molecule has 0 aromatic heterocycles. The van der Waals surface area contributed by atoms with Crippen molar-refractivity contribution in [3.63, 3.8) is 0 Å². The molecule has 2 aliphatic heterocycles. The summed E-state index contributed by atoms with van der Waals surface area (Å²) in [6.07, 6.45) is -1.28. The van der Waals surface area contributed by atoms with Crippen molar-refractivity contribution in [2.45, 2.75) is 0 Å². The van der Waals surface area contributed by atoms with E-state index in [0.717, 1.165) is 0 Å². The van der Waals surface area contributed by atoms with Gasteiger partial charge in [-0.2, -0.15) is 0 Å². The lowest BCUT2D eigenvalue weighted by Crippen LogP contribution is -2.19. The first-order chi connectivity index (χ1) is 11.1. The van der Waals surface area contributed by atoms with Crippen molar-refractivity contribution in [2.24, 2.45) is 0 Å². The van der Waals surface area contributed by atoms with Crippen molar-refractivity contribution in [1.82, 2.24) is 4.57 Å². The molecule has 9 heteroatoms. The van der Waals surface area contributed by atoms with Crippen LogP contribution in [0.4, 0.5) is 10.5 Å². The number of hydrogen-bond donors (Lipinski definition) is 2. The van der Waals surface area contributed by atoms with Gasteiger partial charge in [0.1, 0.15) is 17.2 Å². The summed E-state index contributed by atoms with van der Waals surface area (Å²) in [6.45, 7) is 0. The number of hydrogen-bond acceptors (Lipinski definition) is 6. The van der Waals surface area contributed by atoms with Gasteiger partial charge in [0.2, 0.25) is 0 Å². The Labute approximate surface area is 138 Å². The highest BCUT2D eigenvalue weighted by atomic mass is 32.9. The Balaban J connectivity index is 2.25. The van der Waals surface area contributed by atoms with Gasteiger partial charge in [-0.1, -0.05) is 20.7 Å². The van der Waals surface area contributed by atoms with Gasteiger partial charge in [0.25, 0.3) is 5.56 Å². The van der Waals surface area contributed by atoms with Crippen molar-refractivity contribution in [2.75, 3.05) is 19.5 Å². The van der Waals surface area contributed by atoms with Crippen LogP contribution in [0.25, 0.3) is 16.3 Å². The Hall–Kier alpha value is -2.52. The SMILES string of the molecule is COc1ccc(-n2c3cssc-3c(NC(=O)O)c2=O)c(OC)c1. The van der Waals surface area contributed by atoms with Crippen LogP contribution in [0.2, 0.25) is 0 Å². The second-order valence-corrected chi connectivity index (χ2v) is 6.58. The fraction of sp³-hybridized carbons (Fsp3) is 0.143. The van der Waals surface area contributed by atoms with E-state index in [9.17, 15) is 9.59 Å². The molecular formula is C14H12N2O5S2. The maximum Gasteiger partial charge on any atom is 0.409 e. The van der Waals surface area contributed by atoms with Crippen molar-refractivity contribution in [1.29, 1.82) is 0 Å². The quantitative estimate of drug-likeness (QED) is 0.704. The molecule has 0 atom stereocenters. The minimum Gasteiger partial charge on any atom is -0.497 e. The topological polar surface area (TPSA) is 89.8 Å². The number of nitrogens with one attached hydrogen (secondary N) is 1. The molecule has 0 saturated heterocycles. The Morgan fingerprint density at radius 3 is 2.74 bits per heavy atom. The Morgan fingerprint density at radius 1 is 1.30 bits per heavy atom. The van der Waals surface area contributed by atoms with Gasteiger partial charge in [-0.15, -0.1) is 0 Å². The third-order valence-electron chi connectivity index (χ3n) is 3.27. The summed E-state index contributed by atoms with van der Waals surface area (Å²) in [5, 5.41) is 12.9. The third kappa shape index (κ3) is 2.53. The molecule has 0 spiro atoms. The number of anilines is 1. The molecule has 3 rings (SSSR count). The number of carboxylic acid groups (broad SMARTS) is 1. The van der Waals surface area contributed by atoms with Gasteiger partial charge in [0, 0.05) is 11.4 Å². The molecule has 2 heterocycles. The summed E-state index contributed by atoms with van der Waals surface area (Å²) >= 11 is 0. The smallest absolute Gasteiger partial charge is 0.409 e. The van der Waals surface area contributed by atoms with Gasteiger partial charge in [0.05, 0.1) is 30.5 Å². The first kappa shape index (κ1) is 15.4. The summed E-state index contributed by atoms with van der Waals surface area (Å²) in [4.78, 5) is 24.2. The lowest BCUT2D eigenvalue weighted by atomic mass is 10.2. The summed E-state index contributed by atoms with van der Waals surface area (Å²) in [6, 6.07) is 5.08. The zero-order valence-corrected chi connectivity index (χ0v) is 13.8. The van der Waals surface area contributed by atoms with Crippen LogP contribution in [-0.4, -0.2) is 30.0 Å². The van der Waals surface area contributed by atoms with Crippen molar-refractivity contribution in [3.05, 3.63) is 33.9 Å². The third-order valence-corrected chi connectivity index (χ3v) is 5.34. The maximum atomic E-state index is 12.7. The second-order valence-electron chi connectivity index (χ2n) is 4.50. The Bertz CT molecular complexity index is 895. The molecule has 0 aliphatic carbocycles. The van der Waals surface area contributed by atoms with Crippen LogP contribution in [0.5, 0.6) is 11.5 Å². The van der Waals surface area contributed by atoms with Crippen molar-refractivity contribution < 1.29 is 19.4 Å². The standard InChI is InChI=1S/C14H12N2O5S2/c1-20-7-3-4-8(10(5-7)21-2)16-9-6-22-23-12(9)11(13(16)17)15-14(18)19/h3-6,15H,1-2H3,(H,18,19). The zero-order chi connectivity index (χ0) is 16.6. The highest BCUT2D eigenvalue weighted by Crippen LogP contribution is 2.40. The fourth-order valence-corrected chi connectivity index (χ4v) is 4.49. The summed E-state index contributed by atoms with van der Waals surface area (Å²) in [7, 11) is 5.79. The fourth-order valence-electron chi connectivity index (χ4n) is 2.28. The second kappa shape index (κ2) is 5.94. The van der Waals surface area contributed by atoms with E-state index in [4.69, 9.17) is 14.6 Å². The monoisotopic (exact) mass is 352 g/mol. The molecule has 0 saturated carbocycles. The molecule has 1 aromatic carbocycles. The van der Waals surface area contributed by atoms with E-state index in [0.29, 0.717) is 27.8 Å². The van der Waals surface area contributed by atoms with E-state index in [-0.39, 0.29) is 5.69 Å².